The minimum Gasteiger partial charge on any atom is -0.394 e. The standard InChI is InChI=1S/C12H15F2N.CH3F/c1-3-9(8-15-2)10-4-6-11(7-5-10)12(13)14;1-2/h4-8,12,15H,3H2,1-2H3;1H3/b9-8-;. The summed E-state index contributed by atoms with van der Waals surface area (Å²) in [5, 5.41) is 2.94. The highest BCUT2D eigenvalue weighted by Gasteiger charge is 2.06. The van der Waals surface area contributed by atoms with Gasteiger partial charge in [-0.1, -0.05) is 31.2 Å². The van der Waals surface area contributed by atoms with Crippen LogP contribution >= 0.6 is 0 Å². The molecular formula is C13H18F3N. The van der Waals surface area contributed by atoms with E-state index in [0.717, 1.165) is 17.6 Å². The van der Waals surface area contributed by atoms with E-state index in [0.29, 0.717) is 7.18 Å². The van der Waals surface area contributed by atoms with Gasteiger partial charge >= 0.3 is 0 Å². The van der Waals surface area contributed by atoms with Gasteiger partial charge in [-0.05, 0) is 23.8 Å². The molecule has 1 nitrogen and oxygen atoms in total. The molecule has 0 heterocycles. The fourth-order valence-corrected chi connectivity index (χ4v) is 1.41. The second-order valence-corrected chi connectivity index (χ2v) is 3.23. The van der Waals surface area contributed by atoms with Gasteiger partial charge in [-0.25, -0.2) is 8.78 Å². The van der Waals surface area contributed by atoms with Crippen LogP contribution in [0, 0.1) is 0 Å². The number of allylic oxidation sites excluding steroid dienone is 1. The van der Waals surface area contributed by atoms with Gasteiger partial charge in [0.1, 0.15) is 0 Å². The van der Waals surface area contributed by atoms with E-state index < -0.39 is 6.43 Å². The zero-order chi connectivity index (χ0) is 13.3. The molecule has 0 fully saturated rings. The monoisotopic (exact) mass is 245 g/mol. The van der Waals surface area contributed by atoms with Crippen LogP contribution in [0.4, 0.5) is 13.2 Å². The molecule has 0 aliphatic carbocycles. The molecule has 1 rings (SSSR count). The maximum atomic E-state index is 12.3. The summed E-state index contributed by atoms with van der Waals surface area (Å²) in [5.41, 5.74) is 2.16. The number of alkyl halides is 3. The van der Waals surface area contributed by atoms with E-state index in [1.165, 1.54) is 12.1 Å². The topological polar surface area (TPSA) is 12.0 Å². The lowest BCUT2D eigenvalue weighted by Gasteiger charge is -2.06. The van der Waals surface area contributed by atoms with Crippen molar-refractivity contribution >= 4 is 5.57 Å². The molecule has 0 unspecified atom stereocenters. The largest absolute Gasteiger partial charge is 0.394 e. The molecule has 0 aromatic heterocycles. The molecular weight excluding hydrogens is 227 g/mol. The van der Waals surface area contributed by atoms with Gasteiger partial charge in [-0.15, -0.1) is 0 Å². The second-order valence-electron chi connectivity index (χ2n) is 3.23. The first kappa shape index (κ1) is 15.6. The van der Waals surface area contributed by atoms with Gasteiger partial charge in [0.05, 0.1) is 7.18 Å². The predicted octanol–water partition coefficient (Wildman–Crippen LogP) is 4.18. The van der Waals surface area contributed by atoms with Crippen molar-refractivity contribution in [2.75, 3.05) is 14.2 Å². The summed E-state index contributed by atoms with van der Waals surface area (Å²) in [7, 11) is 2.32. The molecule has 0 radical (unpaired) electrons. The lowest BCUT2D eigenvalue weighted by atomic mass is 10.0. The quantitative estimate of drug-likeness (QED) is 0.839. The molecule has 0 spiro atoms. The summed E-state index contributed by atoms with van der Waals surface area (Å²) in [5.74, 6) is 0. The van der Waals surface area contributed by atoms with Gasteiger partial charge in [0.2, 0.25) is 0 Å². The Hall–Kier alpha value is -1.45. The average Bonchev–Trinajstić information content (AvgIpc) is 2.38. The highest BCUT2D eigenvalue weighted by molar-refractivity contribution is 5.65. The molecule has 0 saturated heterocycles. The molecule has 0 amide bonds. The average molecular weight is 245 g/mol. The lowest BCUT2D eigenvalue weighted by molar-refractivity contribution is 0.151. The molecule has 0 bridgehead atoms. The summed E-state index contributed by atoms with van der Waals surface area (Å²) in [6, 6.07) is 6.40. The van der Waals surface area contributed by atoms with Gasteiger partial charge in [-0.2, -0.15) is 0 Å². The van der Waals surface area contributed by atoms with Crippen molar-refractivity contribution in [1.82, 2.24) is 5.32 Å². The SMILES string of the molecule is CC/C(=C/NC)c1ccc(C(F)F)cc1.CF. The van der Waals surface area contributed by atoms with Crippen LogP contribution in [-0.2, 0) is 0 Å². The number of rotatable bonds is 4. The van der Waals surface area contributed by atoms with Gasteiger partial charge in [0, 0.05) is 12.6 Å². The van der Waals surface area contributed by atoms with Crippen molar-refractivity contribution in [3.05, 3.63) is 41.6 Å². The van der Waals surface area contributed by atoms with Gasteiger partial charge in [0.25, 0.3) is 6.43 Å². The molecule has 0 aliphatic rings. The Balaban J connectivity index is 0.00000121. The van der Waals surface area contributed by atoms with Crippen molar-refractivity contribution in [2.24, 2.45) is 0 Å². The van der Waals surface area contributed by atoms with Crippen LogP contribution in [0.15, 0.2) is 30.5 Å². The summed E-state index contributed by atoms with van der Waals surface area (Å²) < 4.78 is 34.1. The van der Waals surface area contributed by atoms with E-state index in [9.17, 15) is 13.2 Å². The van der Waals surface area contributed by atoms with E-state index in [-0.39, 0.29) is 5.56 Å². The smallest absolute Gasteiger partial charge is 0.263 e. The van der Waals surface area contributed by atoms with Crippen LogP contribution in [-0.4, -0.2) is 14.2 Å². The Morgan fingerprint density at radius 2 is 1.76 bits per heavy atom. The third-order valence-electron chi connectivity index (χ3n) is 2.23. The molecule has 1 N–H and O–H groups in total. The highest BCUT2D eigenvalue weighted by Crippen LogP contribution is 2.22. The van der Waals surface area contributed by atoms with Crippen LogP contribution < -0.4 is 5.32 Å². The van der Waals surface area contributed by atoms with Crippen LogP contribution in [0.2, 0.25) is 0 Å². The van der Waals surface area contributed by atoms with Gasteiger partial charge in [0.15, 0.2) is 0 Å². The minimum absolute atomic E-state index is 0.0682. The third kappa shape index (κ3) is 4.93. The molecule has 1 aromatic carbocycles. The summed E-state index contributed by atoms with van der Waals surface area (Å²) in [4.78, 5) is 0. The molecule has 17 heavy (non-hydrogen) atoms. The Morgan fingerprint density at radius 3 is 2.12 bits per heavy atom. The first-order chi connectivity index (χ1) is 8.19. The Kier molecular flexibility index (Phi) is 7.93. The number of hydrogen-bond acceptors (Lipinski definition) is 1. The molecule has 0 saturated carbocycles. The highest BCUT2D eigenvalue weighted by atomic mass is 19.3. The fourth-order valence-electron chi connectivity index (χ4n) is 1.41. The number of benzene rings is 1. The van der Waals surface area contributed by atoms with Gasteiger partial charge < -0.3 is 5.32 Å². The summed E-state index contributed by atoms with van der Waals surface area (Å²) in [6.07, 6.45) is 0.365. The third-order valence-corrected chi connectivity index (χ3v) is 2.23. The van der Waals surface area contributed by atoms with Crippen LogP contribution in [0.5, 0.6) is 0 Å². The number of nitrogens with one attached hydrogen (secondary N) is 1. The molecule has 0 aliphatic heterocycles. The Morgan fingerprint density at radius 1 is 1.24 bits per heavy atom. The molecule has 96 valence electrons. The number of hydrogen-bond donors (Lipinski definition) is 1. The fraction of sp³-hybridized carbons (Fsp3) is 0.385. The zero-order valence-electron chi connectivity index (χ0n) is 10.3. The summed E-state index contributed by atoms with van der Waals surface area (Å²) >= 11 is 0. The predicted molar refractivity (Wildman–Crippen MR) is 65.8 cm³/mol. The Labute approximate surface area is 100 Å². The second kappa shape index (κ2) is 8.67. The van der Waals surface area contributed by atoms with Gasteiger partial charge in [-0.3, -0.25) is 4.39 Å². The summed E-state index contributed by atoms with van der Waals surface area (Å²) in [6.45, 7) is 2.03. The molecule has 4 heteroatoms. The van der Waals surface area contributed by atoms with Crippen molar-refractivity contribution in [3.8, 4) is 0 Å². The van der Waals surface area contributed by atoms with Crippen LogP contribution in [0.1, 0.15) is 30.9 Å². The molecule has 0 atom stereocenters. The Bertz CT molecular complexity index is 331. The van der Waals surface area contributed by atoms with Crippen molar-refractivity contribution in [3.63, 3.8) is 0 Å². The van der Waals surface area contributed by atoms with Crippen molar-refractivity contribution in [1.29, 1.82) is 0 Å². The van der Waals surface area contributed by atoms with Crippen molar-refractivity contribution < 1.29 is 13.2 Å². The lowest BCUT2D eigenvalue weighted by Crippen LogP contribution is -1.96. The minimum atomic E-state index is -2.39. The van der Waals surface area contributed by atoms with Crippen LogP contribution in [0.25, 0.3) is 5.57 Å². The maximum absolute atomic E-state index is 12.3. The van der Waals surface area contributed by atoms with E-state index in [2.05, 4.69) is 5.32 Å². The molecule has 1 aromatic rings. The van der Waals surface area contributed by atoms with E-state index >= 15 is 0 Å². The van der Waals surface area contributed by atoms with Crippen LogP contribution in [0.3, 0.4) is 0 Å². The first-order valence-corrected chi connectivity index (χ1v) is 5.31. The van der Waals surface area contributed by atoms with E-state index in [4.69, 9.17) is 0 Å². The zero-order valence-corrected chi connectivity index (χ0v) is 10.3. The first-order valence-electron chi connectivity index (χ1n) is 5.31. The van der Waals surface area contributed by atoms with Crippen molar-refractivity contribution in [2.45, 2.75) is 19.8 Å². The normalized spacial score (nSPS) is 10.9. The van der Waals surface area contributed by atoms with E-state index in [1.54, 1.807) is 12.1 Å². The number of halogens is 3. The maximum Gasteiger partial charge on any atom is 0.263 e. The van der Waals surface area contributed by atoms with E-state index in [1.807, 2.05) is 20.2 Å².